The molecule has 0 saturated heterocycles. The van der Waals surface area contributed by atoms with Crippen LogP contribution in [-0.4, -0.2) is 23.0 Å². The largest absolute Gasteiger partial charge is 0.370 e. The Morgan fingerprint density at radius 1 is 1.42 bits per heavy atom. The van der Waals surface area contributed by atoms with E-state index in [1.807, 2.05) is 6.92 Å². The third-order valence-electron chi connectivity index (χ3n) is 4.10. The summed E-state index contributed by atoms with van der Waals surface area (Å²) in [4.78, 5) is 16.0. The Labute approximate surface area is 113 Å². The highest BCUT2D eigenvalue weighted by Crippen LogP contribution is 2.39. The van der Waals surface area contributed by atoms with E-state index in [0.717, 1.165) is 25.7 Å². The van der Waals surface area contributed by atoms with Gasteiger partial charge in [-0.05, 0) is 26.2 Å². The third kappa shape index (κ3) is 2.71. The molecule has 1 fully saturated rings. The molecule has 1 atom stereocenters. The normalized spacial score (nSPS) is 20.2. The van der Waals surface area contributed by atoms with Crippen molar-refractivity contribution in [1.29, 1.82) is 0 Å². The van der Waals surface area contributed by atoms with Crippen LogP contribution >= 0.6 is 0 Å². The molecule has 0 aliphatic heterocycles. The molecule has 0 bridgehead atoms. The van der Waals surface area contributed by atoms with Crippen molar-refractivity contribution in [2.45, 2.75) is 63.9 Å². The minimum Gasteiger partial charge on any atom is -0.370 e. The minimum absolute atomic E-state index is 0.0628. The Balaban J connectivity index is 2.26. The van der Waals surface area contributed by atoms with Gasteiger partial charge < -0.3 is 9.26 Å². The van der Waals surface area contributed by atoms with Gasteiger partial charge in [0.15, 0.2) is 0 Å². The van der Waals surface area contributed by atoms with E-state index >= 15 is 0 Å². The van der Waals surface area contributed by atoms with E-state index in [1.54, 1.807) is 14.0 Å². The number of hydrogen-bond donors (Lipinski definition) is 0. The summed E-state index contributed by atoms with van der Waals surface area (Å²) in [6.07, 6.45) is 5.96. The predicted octanol–water partition coefficient (Wildman–Crippen LogP) is 2.96. The molecule has 1 aliphatic rings. The van der Waals surface area contributed by atoms with Crippen LogP contribution in [0.4, 0.5) is 0 Å². The molecule has 1 aromatic heterocycles. The van der Waals surface area contributed by atoms with Gasteiger partial charge >= 0.3 is 0 Å². The van der Waals surface area contributed by atoms with Crippen molar-refractivity contribution < 1.29 is 14.1 Å². The summed E-state index contributed by atoms with van der Waals surface area (Å²) >= 11 is 0. The van der Waals surface area contributed by atoms with Gasteiger partial charge in [-0.15, -0.1) is 0 Å². The second-order valence-electron chi connectivity index (χ2n) is 5.29. The summed E-state index contributed by atoms with van der Waals surface area (Å²) in [6.45, 7) is 3.51. The van der Waals surface area contributed by atoms with Crippen LogP contribution in [0.25, 0.3) is 0 Å². The highest BCUT2D eigenvalue weighted by molar-refractivity contribution is 5.82. The zero-order valence-electron chi connectivity index (χ0n) is 11.9. The summed E-state index contributed by atoms with van der Waals surface area (Å²) in [6, 6.07) is 0. The van der Waals surface area contributed by atoms with E-state index in [0.29, 0.717) is 18.1 Å². The number of ether oxygens (including phenoxy) is 1. The van der Waals surface area contributed by atoms with E-state index < -0.39 is 5.60 Å². The molecule has 1 heterocycles. The fourth-order valence-corrected chi connectivity index (χ4v) is 2.84. The molecule has 1 saturated carbocycles. The van der Waals surface area contributed by atoms with Gasteiger partial charge in [0, 0.05) is 7.11 Å². The Morgan fingerprint density at radius 2 is 2.11 bits per heavy atom. The smallest absolute Gasteiger partial charge is 0.237 e. The second-order valence-corrected chi connectivity index (χ2v) is 5.29. The van der Waals surface area contributed by atoms with E-state index in [1.165, 1.54) is 6.42 Å². The van der Waals surface area contributed by atoms with E-state index in [2.05, 4.69) is 10.1 Å². The molecule has 0 spiro atoms. The van der Waals surface area contributed by atoms with Crippen LogP contribution in [0.1, 0.15) is 70.0 Å². The number of carbonyl (C=O) groups is 1. The summed E-state index contributed by atoms with van der Waals surface area (Å²) in [5, 5.41) is 4.07. The van der Waals surface area contributed by atoms with E-state index in [9.17, 15) is 4.79 Å². The van der Waals surface area contributed by atoms with Crippen LogP contribution in [0.2, 0.25) is 0 Å². The average molecular weight is 266 g/mol. The van der Waals surface area contributed by atoms with Gasteiger partial charge in [0.25, 0.3) is 0 Å². The summed E-state index contributed by atoms with van der Waals surface area (Å²) < 4.78 is 11.0. The molecule has 1 aliphatic carbocycles. The van der Waals surface area contributed by atoms with Crippen molar-refractivity contribution in [2.24, 2.45) is 0 Å². The lowest BCUT2D eigenvalue weighted by Crippen LogP contribution is -2.32. The van der Waals surface area contributed by atoms with Gasteiger partial charge in [0.2, 0.25) is 11.7 Å². The monoisotopic (exact) mass is 266 g/mol. The SMILES string of the molecule is CCC(C(C)=O)c1nc(C2(OC)CCCCC2)no1. The number of rotatable bonds is 5. The van der Waals surface area contributed by atoms with Gasteiger partial charge in [0.1, 0.15) is 11.4 Å². The standard InChI is InChI=1S/C14H22N2O3/c1-4-11(10(2)17)12-15-13(16-19-12)14(18-3)8-6-5-7-9-14/h11H,4-9H2,1-3H3. The van der Waals surface area contributed by atoms with E-state index in [-0.39, 0.29) is 11.7 Å². The number of methoxy groups -OCH3 is 1. The van der Waals surface area contributed by atoms with Crippen LogP contribution in [0.5, 0.6) is 0 Å². The van der Waals surface area contributed by atoms with Crippen molar-refractivity contribution in [3.05, 3.63) is 11.7 Å². The lowest BCUT2D eigenvalue weighted by atomic mass is 9.84. The number of carbonyl (C=O) groups excluding carboxylic acids is 1. The molecule has 19 heavy (non-hydrogen) atoms. The second kappa shape index (κ2) is 5.82. The first-order chi connectivity index (χ1) is 9.13. The van der Waals surface area contributed by atoms with E-state index in [4.69, 9.17) is 9.26 Å². The van der Waals surface area contributed by atoms with Crippen molar-refractivity contribution in [3.8, 4) is 0 Å². The molecule has 5 heteroatoms. The molecule has 1 unspecified atom stereocenters. The lowest BCUT2D eigenvalue weighted by molar-refractivity contribution is -0.119. The lowest BCUT2D eigenvalue weighted by Gasteiger charge is -2.32. The maximum absolute atomic E-state index is 11.6. The quantitative estimate of drug-likeness (QED) is 0.819. The fourth-order valence-electron chi connectivity index (χ4n) is 2.84. The van der Waals surface area contributed by atoms with Crippen LogP contribution in [0.3, 0.4) is 0 Å². The highest BCUT2D eigenvalue weighted by Gasteiger charge is 2.39. The van der Waals surface area contributed by atoms with Gasteiger partial charge in [-0.1, -0.05) is 31.3 Å². The molecule has 5 nitrogen and oxygen atoms in total. The molecule has 2 rings (SSSR count). The minimum atomic E-state index is -0.422. The Kier molecular flexibility index (Phi) is 4.34. The first kappa shape index (κ1) is 14.2. The van der Waals surface area contributed by atoms with Crippen LogP contribution in [0.15, 0.2) is 4.52 Å². The number of aromatic nitrogens is 2. The molecule has 0 aromatic carbocycles. The zero-order chi connectivity index (χ0) is 13.9. The van der Waals surface area contributed by atoms with Crippen molar-refractivity contribution >= 4 is 5.78 Å². The first-order valence-corrected chi connectivity index (χ1v) is 7.02. The molecule has 0 amide bonds. The van der Waals surface area contributed by atoms with Gasteiger partial charge in [-0.2, -0.15) is 4.98 Å². The topological polar surface area (TPSA) is 65.2 Å². The maximum atomic E-state index is 11.6. The number of nitrogens with zero attached hydrogens (tertiary/aromatic N) is 2. The van der Waals surface area contributed by atoms with Crippen molar-refractivity contribution in [2.75, 3.05) is 7.11 Å². The summed E-state index contributed by atoms with van der Waals surface area (Å²) in [7, 11) is 1.70. The Hall–Kier alpha value is -1.23. The molecule has 1 aromatic rings. The number of hydrogen-bond acceptors (Lipinski definition) is 5. The van der Waals surface area contributed by atoms with Crippen LogP contribution < -0.4 is 0 Å². The highest BCUT2D eigenvalue weighted by atomic mass is 16.5. The average Bonchev–Trinajstić information content (AvgIpc) is 2.90. The van der Waals surface area contributed by atoms with Gasteiger partial charge in [0.05, 0.1) is 5.92 Å². The molecular weight excluding hydrogens is 244 g/mol. The van der Waals surface area contributed by atoms with Crippen molar-refractivity contribution in [3.63, 3.8) is 0 Å². The van der Waals surface area contributed by atoms with Crippen molar-refractivity contribution in [1.82, 2.24) is 10.1 Å². The van der Waals surface area contributed by atoms with Gasteiger partial charge in [-0.25, -0.2) is 0 Å². The third-order valence-corrected chi connectivity index (χ3v) is 4.10. The van der Waals surface area contributed by atoms with Crippen LogP contribution in [0, 0.1) is 0 Å². The molecule has 0 N–H and O–H groups in total. The molecule has 0 radical (unpaired) electrons. The fraction of sp³-hybridized carbons (Fsp3) is 0.786. The number of ketones is 1. The maximum Gasteiger partial charge on any atom is 0.237 e. The Bertz CT molecular complexity index is 436. The summed E-state index contributed by atoms with van der Waals surface area (Å²) in [5.41, 5.74) is -0.422. The first-order valence-electron chi connectivity index (χ1n) is 7.02. The van der Waals surface area contributed by atoms with Crippen LogP contribution in [-0.2, 0) is 15.1 Å². The summed E-state index contributed by atoms with van der Waals surface area (Å²) in [5.74, 6) is 0.794. The Morgan fingerprint density at radius 3 is 2.63 bits per heavy atom. The predicted molar refractivity (Wildman–Crippen MR) is 69.8 cm³/mol. The molecular formula is C14H22N2O3. The number of Topliss-reactive ketones (excluding diaryl/α,β-unsaturated/α-hetero) is 1. The zero-order valence-corrected chi connectivity index (χ0v) is 11.9. The molecule has 106 valence electrons. The van der Waals surface area contributed by atoms with Gasteiger partial charge in [-0.3, -0.25) is 4.79 Å².